The van der Waals surface area contributed by atoms with Gasteiger partial charge < -0.3 is 5.11 Å². The maximum Gasteiger partial charge on any atom is 0.307 e. The zero-order valence-corrected chi connectivity index (χ0v) is 10.3. The predicted octanol–water partition coefficient (Wildman–Crippen LogP) is 3.57. The fourth-order valence-electron chi connectivity index (χ4n) is 1.90. The lowest BCUT2D eigenvalue weighted by Gasteiger charge is -2.08. The van der Waals surface area contributed by atoms with E-state index in [1.165, 1.54) is 24.3 Å². The van der Waals surface area contributed by atoms with Crippen LogP contribution < -0.4 is 0 Å². The van der Waals surface area contributed by atoms with Gasteiger partial charge in [0.25, 0.3) is 0 Å². The van der Waals surface area contributed by atoms with Crippen LogP contribution in [0, 0.1) is 18.6 Å². The molecule has 0 saturated heterocycles. The number of halogens is 2. The van der Waals surface area contributed by atoms with Gasteiger partial charge in [-0.15, -0.1) is 0 Å². The second-order valence-electron chi connectivity index (χ2n) is 4.37. The molecule has 0 spiro atoms. The van der Waals surface area contributed by atoms with Crippen molar-refractivity contribution in [3.8, 4) is 11.1 Å². The quantitative estimate of drug-likeness (QED) is 0.918. The monoisotopic (exact) mass is 262 g/mol. The van der Waals surface area contributed by atoms with E-state index in [4.69, 9.17) is 5.11 Å². The lowest BCUT2D eigenvalue weighted by molar-refractivity contribution is -0.136. The Morgan fingerprint density at radius 3 is 2.42 bits per heavy atom. The van der Waals surface area contributed by atoms with Crippen LogP contribution in [0.2, 0.25) is 0 Å². The number of aryl methyl sites for hydroxylation is 1. The van der Waals surface area contributed by atoms with Crippen LogP contribution in [0.15, 0.2) is 36.4 Å². The maximum absolute atomic E-state index is 13.8. The summed E-state index contributed by atoms with van der Waals surface area (Å²) in [7, 11) is 0. The summed E-state index contributed by atoms with van der Waals surface area (Å²) >= 11 is 0. The smallest absolute Gasteiger partial charge is 0.307 e. The first kappa shape index (κ1) is 13.2. The number of aliphatic carboxylic acids is 1. The van der Waals surface area contributed by atoms with Crippen LogP contribution in [0.4, 0.5) is 8.78 Å². The molecule has 0 amide bonds. The summed E-state index contributed by atoms with van der Waals surface area (Å²) in [6.07, 6.45) is -0.221. The third kappa shape index (κ3) is 2.96. The van der Waals surface area contributed by atoms with Crippen molar-refractivity contribution in [2.24, 2.45) is 0 Å². The highest BCUT2D eigenvalue weighted by atomic mass is 19.1. The molecule has 0 aliphatic rings. The fourth-order valence-corrected chi connectivity index (χ4v) is 1.90. The molecule has 98 valence electrons. The normalized spacial score (nSPS) is 10.5. The third-order valence-corrected chi connectivity index (χ3v) is 2.80. The molecule has 2 aromatic carbocycles. The molecule has 2 rings (SSSR count). The van der Waals surface area contributed by atoms with Gasteiger partial charge in [-0.05, 0) is 36.2 Å². The molecule has 0 atom stereocenters. The summed E-state index contributed by atoms with van der Waals surface area (Å²) in [5.41, 5.74) is 1.39. The average molecular weight is 262 g/mol. The van der Waals surface area contributed by atoms with Crippen LogP contribution >= 0.6 is 0 Å². The molecule has 4 heteroatoms. The molecular formula is C15H12F2O2. The van der Waals surface area contributed by atoms with Crippen molar-refractivity contribution >= 4 is 5.97 Å². The number of hydrogen-bond donors (Lipinski definition) is 1. The number of hydrogen-bond acceptors (Lipinski definition) is 1. The van der Waals surface area contributed by atoms with E-state index in [1.807, 2.05) is 0 Å². The Bertz CT molecular complexity index is 636. The summed E-state index contributed by atoms with van der Waals surface area (Å²) in [6, 6.07) is 8.41. The summed E-state index contributed by atoms with van der Waals surface area (Å²) in [6.45, 7) is 1.74. The third-order valence-electron chi connectivity index (χ3n) is 2.80. The van der Waals surface area contributed by atoms with Crippen LogP contribution in [-0.4, -0.2) is 11.1 Å². The summed E-state index contributed by atoms with van der Waals surface area (Å²) in [4.78, 5) is 10.6. The highest BCUT2D eigenvalue weighted by Gasteiger charge is 2.12. The van der Waals surface area contributed by atoms with E-state index in [0.717, 1.165) is 11.6 Å². The van der Waals surface area contributed by atoms with Crippen LogP contribution in [0.1, 0.15) is 11.1 Å². The zero-order chi connectivity index (χ0) is 14.0. The molecule has 0 saturated carbocycles. The maximum atomic E-state index is 13.8. The van der Waals surface area contributed by atoms with Crippen LogP contribution in [0.5, 0.6) is 0 Å². The molecule has 2 nitrogen and oxygen atoms in total. The standard InChI is InChI=1S/C15H12F2O2/c1-9-2-4-11(14(17)6-9)12-7-10(8-15(18)19)3-5-13(12)16/h2-7H,8H2,1H3,(H,18,19). The molecule has 0 aromatic heterocycles. The van der Waals surface area contributed by atoms with Crippen molar-refractivity contribution in [1.82, 2.24) is 0 Å². The van der Waals surface area contributed by atoms with Crippen molar-refractivity contribution < 1.29 is 18.7 Å². The van der Waals surface area contributed by atoms with Crippen LogP contribution in [0.3, 0.4) is 0 Å². The number of carboxylic acid groups (broad SMARTS) is 1. The molecule has 1 N–H and O–H groups in total. The van der Waals surface area contributed by atoms with Gasteiger partial charge in [0.1, 0.15) is 11.6 Å². The molecule has 0 aliphatic carbocycles. The lowest BCUT2D eigenvalue weighted by Crippen LogP contribution is -2.01. The molecule has 0 fully saturated rings. The van der Waals surface area contributed by atoms with Crippen molar-refractivity contribution in [2.75, 3.05) is 0 Å². The Balaban J connectivity index is 2.51. The van der Waals surface area contributed by atoms with Gasteiger partial charge in [0.2, 0.25) is 0 Å². The van der Waals surface area contributed by atoms with E-state index in [0.29, 0.717) is 5.56 Å². The minimum absolute atomic E-state index is 0.0799. The molecule has 0 heterocycles. The summed E-state index contributed by atoms with van der Waals surface area (Å²) in [5.74, 6) is -2.11. The molecule has 0 aliphatic heterocycles. The van der Waals surface area contributed by atoms with Gasteiger partial charge in [-0.2, -0.15) is 0 Å². The Labute approximate surface area is 109 Å². The van der Waals surface area contributed by atoms with Gasteiger partial charge in [-0.3, -0.25) is 4.79 Å². The summed E-state index contributed by atoms with van der Waals surface area (Å²) in [5, 5.41) is 8.72. The van der Waals surface area contributed by atoms with Gasteiger partial charge in [0.15, 0.2) is 0 Å². The van der Waals surface area contributed by atoms with E-state index in [1.54, 1.807) is 13.0 Å². The topological polar surface area (TPSA) is 37.3 Å². The second-order valence-corrected chi connectivity index (χ2v) is 4.37. The van der Waals surface area contributed by atoms with Crippen molar-refractivity contribution in [3.63, 3.8) is 0 Å². The number of rotatable bonds is 3. The van der Waals surface area contributed by atoms with Gasteiger partial charge in [-0.25, -0.2) is 8.78 Å². The number of benzene rings is 2. The van der Waals surface area contributed by atoms with E-state index < -0.39 is 17.6 Å². The second kappa shape index (κ2) is 5.18. The number of carboxylic acids is 1. The van der Waals surface area contributed by atoms with Gasteiger partial charge in [-0.1, -0.05) is 18.2 Å². The number of carbonyl (C=O) groups is 1. The fraction of sp³-hybridized carbons (Fsp3) is 0.133. The molecule has 0 bridgehead atoms. The molecule has 2 aromatic rings. The van der Waals surface area contributed by atoms with E-state index in [-0.39, 0.29) is 17.5 Å². The van der Waals surface area contributed by atoms with Gasteiger partial charge in [0.05, 0.1) is 6.42 Å². The molecule has 19 heavy (non-hydrogen) atoms. The lowest BCUT2D eigenvalue weighted by atomic mass is 9.99. The van der Waals surface area contributed by atoms with Crippen LogP contribution in [0.25, 0.3) is 11.1 Å². The highest BCUT2D eigenvalue weighted by molar-refractivity contribution is 5.72. The largest absolute Gasteiger partial charge is 0.481 e. The minimum Gasteiger partial charge on any atom is -0.481 e. The van der Waals surface area contributed by atoms with E-state index >= 15 is 0 Å². The first-order valence-electron chi connectivity index (χ1n) is 5.74. The van der Waals surface area contributed by atoms with E-state index in [9.17, 15) is 13.6 Å². The Morgan fingerprint density at radius 1 is 1.05 bits per heavy atom. The predicted molar refractivity (Wildman–Crippen MR) is 67.9 cm³/mol. The molecule has 0 unspecified atom stereocenters. The van der Waals surface area contributed by atoms with Crippen molar-refractivity contribution in [1.29, 1.82) is 0 Å². The van der Waals surface area contributed by atoms with Gasteiger partial charge in [0, 0.05) is 11.1 Å². The summed E-state index contributed by atoms with van der Waals surface area (Å²) < 4.78 is 27.6. The first-order chi connectivity index (χ1) is 8.97. The average Bonchev–Trinajstić information content (AvgIpc) is 2.31. The zero-order valence-electron chi connectivity index (χ0n) is 10.3. The molecule has 0 radical (unpaired) electrons. The SMILES string of the molecule is Cc1ccc(-c2cc(CC(=O)O)ccc2F)c(F)c1. The Hall–Kier alpha value is -2.23. The minimum atomic E-state index is -1.01. The Morgan fingerprint density at radius 2 is 1.79 bits per heavy atom. The molecular weight excluding hydrogens is 250 g/mol. The van der Waals surface area contributed by atoms with Crippen LogP contribution in [-0.2, 0) is 11.2 Å². The highest BCUT2D eigenvalue weighted by Crippen LogP contribution is 2.27. The van der Waals surface area contributed by atoms with E-state index in [2.05, 4.69) is 0 Å². The van der Waals surface area contributed by atoms with Crippen molar-refractivity contribution in [2.45, 2.75) is 13.3 Å². The Kier molecular flexibility index (Phi) is 3.60. The first-order valence-corrected chi connectivity index (χ1v) is 5.74. The van der Waals surface area contributed by atoms with Crippen molar-refractivity contribution in [3.05, 3.63) is 59.2 Å². The van der Waals surface area contributed by atoms with Gasteiger partial charge >= 0.3 is 5.97 Å².